The molecule has 198 valence electrons. The Kier molecular flexibility index (Phi) is 6.64. The van der Waals surface area contributed by atoms with Gasteiger partial charge in [-0.2, -0.15) is 0 Å². The highest BCUT2D eigenvalue weighted by molar-refractivity contribution is 5.91. The Morgan fingerprint density at radius 1 is 1.21 bits per heavy atom. The lowest BCUT2D eigenvalue weighted by atomic mass is 10.0. The molecule has 1 aromatic carbocycles. The number of nitrogens with zero attached hydrogens (tertiary/aromatic N) is 6. The number of piperazine rings is 1. The number of pyridine rings is 1. The molecule has 2 aliphatic rings. The van der Waals surface area contributed by atoms with Crippen molar-refractivity contribution in [1.29, 1.82) is 0 Å². The van der Waals surface area contributed by atoms with Crippen molar-refractivity contribution in [3.63, 3.8) is 0 Å². The number of hydrogen-bond acceptors (Lipinski definition) is 9. The molecule has 6 rings (SSSR count). The van der Waals surface area contributed by atoms with Crippen LogP contribution in [0.25, 0.3) is 10.9 Å². The molecule has 0 aliphatic carbocycles. The van der Waals surface area contributed by atoms with Gasteiger partial charge in [0.1, 0.15) is 11.8 Å². The Hall–Kier alpha value is -4.03. The van der Waals surface area contributed by atoms with Crippen molar-refractivity contribution in [3.05, 3.63) is 70.2 Å². The van der Waals surface area contributed by atoms with Crippen molar-refractivity contribution < 1.29 is 18.7 Å². The number of rotatable bonds is 7. The third-order valence-electron chi connectivity index (χ3n) is 7.28. The molecule has 1 amide bonds. The summed E-state index contributed by atoms with van der Waals surface area (Å²) in [4.78, 5) is 33.2. The number of benzene rings is 1. The number of amides is 1. The van der Waals surface area contributed by atoms with Crippen molar-refractivity contribution in [3.8, 4) is 5.75 Å². The molecule has 2 fully saturated rings. The molecule has 0 unspecified atom stereocenters. The fourth-order valence-electron chi connectivity index (χ4n) is 5.29. The number of fused-ring (bicyclic) bond motifs is 1. The minimum absolute atomic E-state index is 0.0276. The van der Waals surface area contributed by atoms with Crippen LogP contribution in [0.15, 0.2) is 51.9 Å². The fourth-order valence-corrected chi connectivity index (χ4v) is 5.29. The maximum atomic E-state index is 13.5. The van der Waals surface area contributed by atoms with Crippen LogP contribution >= 0.6 is 0 Å². The summed E-state index contributed by atoms with van der Waals surface area (Å²) in [6.45, 7) is 3.24. The van der Waals surface area contributed by atoms with E-state index in [1.54, 1.807) is 28.8 Å². The van der Waals surface area contributed by atoms with Gasteiger partial charge in [-0.1, -0.05) is 0 Å². The molecule has 38 heavy (non-hydrogen) atoms. The number of carbonyl (C=O) groups is 1. The molecular weight excluding hydrogens is 490 g/mol. The number of tetrazole rings is 1. The highest BCUT2D eigenvalue weighted by atomic mass is 16.5. The molecule has 12 nitrogen and oxygen atoms in total. The highest BCUT2D eigenvalue weighted by Gasteiger charge is 2.34. The Labute approximate surface area is 218 Å². The van der Waals surface area contributed by atoms with E-state index >= 15 is 0 Å². The number of methoxy groups -OCH3 is 1. The predicted molar refractivity (Wildman–Crippen MR) is 136 cm³/mol. The summed E-state index contributed by atoms with van der Waals surface area (Å²) in [5, 5.41) is 13.5. The van der Waals surface area contributed by atoms with Crippen LogP contribution in [-0.4, -0.2) is 86.9 Å². The van der Waals surface area contributed by atoms with Crippen molar-refractivity contribution >= 4 is 16.8 Å². The maximum Gasteiger partial charge on any atom is 0.289 e. The topological polar surface area (TPSA) is 132 Å². The fraction of sp³-hybridized carbons (Fsp3) is 0.423. The Balaban J connectivity index is 1.36. The van der Waals surface area contributed by atoms with Gasteiger partial charge in [0, 0.05) is 49.3 Å². The number of H-pyrrole nitrogens is 1. The van der Waals surface area contributed by atoms with E-state index in [1.807, 2.05) is 24.3 Å². The summed E-state index contributed by atoms with van der Waals surface area (Å²) in [6.07, 6.45) is 3.46. The quantitative estimate of drug-likeness (QED) is 0.388. The molecule has 2 aliphatic heterocycles. The summed E-state index contributed by atoms with van der Waals surface area (Å²) in [5.41, 5.74) is 1.03. The van der Waals surface area contributed by atoms with E-state index in [0.29, 0.717) is 61.1 Å². The molecule has 2 atom stereocenters. The van der Waals surface area contributed by atoms with Gasteiger partial charge in [0.2, 0.25) is 0 Å². The van der Waals surface area contributed by atoms with Gasteiger partial charge < -0.3 is 23.8 Å². The SMILES string of the molecule is COc1ccc2[nH]c(=O)c([C@@H](c3nnnn3C[C@H]3CCCO3)N3CCN(C(=O)c4ccco4)CC3)cc2c1. The van der Waals surface area contributed by atoms with Gasteiger partial charge in [-0.05, 0) is 59.7 Å². The molecular formula is C26H29N7O5. The Bertz CT molecular complexity index is 1470. The first kappa shape index (κ1) is 24.3. The highest BCUT2D eigenvalue weighted by Crippen LogP contribution is 2.29. The number of aromatic amines is 1. The van der Waals surface area contributed by atoms with E-state index in [0.717, 1.165) is 24.8 Å². The first-order chi connectivity index (χ1) is 18.6. The smallest absolute Gasteiger partial charge is 0.289 e. The molecule has 0 radical (unpaired) electrons. The van der Waals surface area contributed by atoms with Gasteiger partial charge in [-0.3, -0.25) is 14.5 Å². The lowest BCUT2D eigenvalue weighted by Gasteiger charge is -2.38. The van der Waals surface area contributed by atoms with E-state index in [2.05, 4.69) is 25.4 Å². The van der Waals surface area contributed by atoms with Crippen molar-refractivity contribution in [2.75, 3.05) is 39.9 Å². The van der Waals surface area contributed by atoms with Crippen LogP contribution in [0.4, 0.5) is 0 Å². The molecule has 5 heterocycles. The third-order valence-corrected chi connectivity index (χ3v) is 7.28. The average Bonchev–Trinajstić information content (AvgIpc) is 3.74. The number of nitrogens with one attached hydrogen (secondary N) is 1. The standard InChI is InChI=1S/C26H29N7O5/c1-36-18-6-7-21-17(14-18)15-20(25(34)27-21)23(24-28-29-30-33(24)16-19-4-2-12-37-19)31-8-10-32(11-9-31)26(35)22-5-3-13-38-22/h3,5-7,13-15,19,23H,2,4,8-12,16H2,1H3,(H,27,34)/t19-,23+/m1/s1. The molecule has 0 spiro atoms. The molecule has 3 aromatic heterocycles. The molecule has 0 bridgehead atoms. The zero-order valence-electron chi connectivity index (χ0n) is 21.1. The van der Waals surface area contributed by atoms with Gasteiger partial charge in [-0.25, -0.2) is 4.68 Å². The first-order valence-corrected chi connectivity index (χ1v) is 12.8. The van der Waals surface area contributed by atoms with E-state index in [-0.39, 0.29) is 17.6 Å². The van der Waals surface area contributed by atoms with Gasteiger partial charge in [0.25, 0.3) is 11.5 Å². The minimum Gasteiger partial charge on any atom is -0.497 e. The second-order valence-electron chi connectivity index (χ2n) is 9.57. The minimum atomic E-state index is -0.522. The van der Waals surface area contributed by atoms with Crippen LogP contribution in [0.1, 0.15) is 40.8 Å². The summed E-state index contributed by atoms with van der Waals surface area (Å²) < 4.78 is 18.3. The van der Waals surface area contributed by atoms with Gasteiger partial charge in [0.15, 0.2) is 11.6 Å². The molecule has 2 saturated heterocycles. The monoisotopic (exact) mass is 519 g/mol. The zero-order valence-corrected chi connectivity index (χ0v) is 21.1. The first-order valence-electron chi connectivity index (χ1n) is 12.8. The third kappa shape index (κ3) is 4.68. The van der Waals surface area contributed by atoms with E-state index in [9.17, 15) is 9.59 Å². The number of aromatic nitrogens is 5. The molecule has 1 N–H and O–H groups in total. The number of carbonyl (C=O) groups excluding carboxylic acids is 1. The summed E-state index contributed by atoms with van der Waals surface area (Å²) >= 11 is 0. The Morgan fingerprint density at radius 2 is 2.08 bits per heavy atom. The van der Waals surface area contributed by atoms with Crippen molar-refractivity contribution in [2.24, 2.45) is 0 Å². The van der Waals surface area contributed by atoms with Gasteiger partial charge in [-0.15, -0.1) is 5.10 Å². The maximum absolute atomic E-state index is 13.5. The lowest BCUT2D eigenvalue weighted by Crippen LogP contribution is -2.50. The predicted octanol–water partition coefficient (Wildman–Crippen LogP) is 1.84. The van der Waals surface area contributed by atoms with E-state index in [1.165, 1.54) is 6.26 Å². The van der Waals surface area contributed by atoms with Crippen LogP contribution < -0.4 is 10.3 Å². The normalized spacial score (nSPS) is 19.2. The zero-order chi connectivity index (χ0) is 26.1. The number of ether oxygens (including phenoxy) is 2. The Morgan fingerprint density at radius 3 is 2.82 bits per heavy atom. The van der Waals surface area contributed by atoms with Crippen LogP contribution in [0, 0.1) is 0 Å². The van der Waals surface area contributed by atoms with Crippen molar-refractivity contribution in [2.45, 2.75) is 31.5 Å². The van der Waals surface area contributed by atoms with Crippen molar-refractivity contribution in [1.82, 2.24) is 35.0 Å². The molecule has 4 aromatic rings. The van der Waals surface area contributed by atoms with Crippen LogP contribution in [-0.2, 0) is 11.3 Å². The van der Waals surface area contributed by atoms with Gasteiger partial charge >= 0.3 is 0 Å². The second-order valence-corrected chi connectivity index (χ2v) is 9.57. The largest absolute Gasteiger partial charge is 0.497 e. The molecule has 12 heteroatoms. The summed E-state index contributed by atoms with van der Waals surface area (Å²) in [6, 6.07) is 10.3. The lowest BCUT2D eigenvalue weighted by molar-refractivity contribution is 0.0550. The van der Waals surface area contributed by atoms with Crippen LogP contribution in [0.3, 0.4) is 0 Å². The van der Waals surface area contributed by atoms with E-state index in [4.69, 9.17) is 13.9 Å². The van der Waals surface area contributed by atoms with Gasteiger partial charge in [0.05, 0.1) is 26.0 Å². The number of furan rings is 1. The van der Waals surface area contributed by atoms with Crippen LogP contribution in [0.5, 0.6) is 5.75 Å². The molecule has 0 saturated carbocycles. The number of hydrogen-bond donors (Lipinski definition) is 1. The summed E-state index contributed by atoms with van der Waals surface area (Å²) in [7, 11) is 1.61. The van der Waals surface area contributed by atoms with Crippen LogP contribution in [0.2, 0.25) is 0 Å². The average molecular weight is 520 g/mol. The van der Waals surface area contributed by atoms with E-state index < -0.39 is 6.04 Å². The summed E-state index contributed by atoms with van der Waals surface area (Å²) in [5.74, 6) is 1.43. The second kappa shape index (κ2) is 10.4.